The van der Waals surface area contributed by atoms with E-state index in [1.165, 1.54) is 0 Å². The van der Waals surface area contributed by atoms with Crippen LogP contribution in [0.4, 0.5) is 18.0 Å². The quantitative estimate of drug-likeness (QED) is 0.630. The molecule has 8 heteroatoms. The number of nitrogens with zero attached hydrogens (tertiary/aromatic N) is 2. The summed E-state index contributed by atoms with van der Waals surface area (Å²) in [6, 6.07) is -0.678. The van der Waals surface area contributed by atoms with Crippen LogP contribution in [-0.4, -0.2) is 59.3 Å². The van der Waals surface area contributed by atoms with E-state index in [0.717, 1.165) is 15.9 Å². The van der Waals surface area contributed by atoms with Crippen molar-refractivity contribution in [2.45, 2.75) is 12.6 Å². The van der Waals surface area contributed by atoms with Gasteiger partial charge in [-0.05, 0) is 6.42 Å². The number of carbonyl (C=O) groups excluding carboxylic acids is 1. The lowest BCUT2D eigenvalue weighted by molar-refractivity contribution is -0.137. The number of urea groups is 1. The third-order valence-corrected chi connectivity index (χ3v) is 2.72. The van der Waals surface area contributed by atoms with Crippen molar-refractivity contribution in [1.82, 2.24) is 9.80 Å². The Morgan fingerprint density at radius 3 is 2.55 bits per heavy atom. The van der Waals surface area contributed by atoms with Crippen LogP contribution in [0.5, 0.6) is 0 Å². The second-order valence-electron chi connectivity index (χ2n) is 4.16. The first-order chi connectivity index (χ1) is 9.25. The number of carbonyl (C=O) groups is 2. The average Bonchev–Trinajstić information content (AvgIpc) is 2.36. The van der Waals surface area contributed by atoms with Gasteiger partial charge >= 0.3 is 18.2 Å². The summed E-state index contributed by atoms with van der Waals surface area (Å²) in [5.74, 6) is 0.907. The Hall–Kier alpha value is -2.17. The number of terminal acetylenes is 1. The second kappa shape index (κ2) is 6.32. The summed E-state index contributed by atoms with van der Waals surface area (Å²) in [5.41, 5.74) is -0.678. The molecular weight excluding hydrogens is 277 g/mol. The largest absolute Gasteiger partial charge is 0.480 e. The molecule has 1 rings (SSSR count). The van der Waals surface area contributed by atoms with Gasteiger partial charge in [-0.25, -0.2) is 4.79 Å². The molecule has 0 atom stereocenters. The fourth-order valence-corrected chi connectivity index (χ4v) is 1.76. The van der Waals surface area contributed by atoms with E-state index in [-0.39, 0.29) is 26.1 Å². The SMILES string of the molecule is C#CCN(CC(=O)O)C(=O)N1CC=C(C(F)(F)F)CC1. The molecule has 5 nitrogen and oxygen atoms in total. The molecule has 1 heterocycles. The van der Waals surface area contributed by atoms with Crippen molar-refractivity contribution in [3.05, 3.63) is 11.6 Å². The molecule has 0 fully saturated rings. The standard InChI is InChI=1S/C12H13F3N2O3/c1-2-5-17(8-10(18)19)11(20)16-6-3-9(4-7-16)12(13,14)15/h1,3H,4-8H2,(H,18,19). The third-order valence-electron chi connectivity index (χ3n) is 2.72. The Kier molecular flexibility index (Phi) is 5.02. The van der Waals surface area contributed by atoms with Gasteiger partial charge in [-0.2, -0.15) is 13.2 Å². The highest BCUT2D eigenvalue weighted by molar-refractivity contribution is 5.80. The maximum Gasteiger partial charge on any atom is 0.412 e. The summed E-state index contributed by atoms with van der Waals surface area (Å²) in [6.45, 7) is -1.13. The smallest absolute Gasteiger partial charge is 0.412 e. The zero-order valence-electron chi connectivity index (χ0n) is 10.5. The third kappa shape index (κ3) is 4.19. The van der Waals surface area contributed by atoms with Gasteiger partial charge < -0.3 is 14.9 Å². The van der Waals surface area contributed by atoms with Crippen LogP contribution in [0.2, 0.25) is 0 Å². The zero-order chi connectivity index (χ0) is 15.3. The number of hydrogen-bond acceptors (Lipinski definition) is 2. The molecule has 1 aliphatic heterocycles. The van der Waals surface area contributed by atoms with Gasteiger partial charge in [-0.3, -0.25) is 4.79 Å². The van der Waals surface area contributed by atoms with E-state index < -0.39 is 30.3 Å². The Balaban J connectivity index is 2.72. The fourth-order valence-electron chi connectivity index (χ4n) is 1.76. The second-order valence-corrected chi connectivity index (χ2v) is 4.16. The van der Waals surface area contributed by atoms with Crippen molar-refractivity contribution in [2.24, 2.45) is 0 Å². The molecule has 0 bridgehead atoms. The van der Waals surface area contributed by atoms with E-state index in [9.17, 15) is 22.8 Å². The van der Waals surface area contributed by atoms with E-state index in [1.807, 2.05) is 0 Å². The Labute approximate surface area is 113 Å². The summed E-state index contributed by atoms with van der Waals surface area (Å²) in [7, 11) is 0. The molecule has 0 unspecified atom stereocenters. The lowest BCUT2D eigenvalue weighted by atomic mass is 10.1. The van der Waals surface area contributed by atoms with Gasteiger partial charge in [0, 0.05) is 18.7 Å². The predicted octanol–water partition coefficient (Wildman–Crippen LogP) is 1.32. The molecule has 0 aromatic rings. The minimum Gasteiger partial charge on any atom is -0.480 e. The van der Waals surface area contributed by atoms with Gasteiger partial charge in [0.2, 0.25) is 0 Å². The number of carboxylic acids is 1. The molecule has 2 amide bonds. The van der Waals surface area contributed by atoms with E-state index in [4.69, 9.17) is 11.5 Å². The van der Waals surface area contributed by atoms with Crippen molar-refractivity contribution in [3.8, 4) is 12.3 Å². The van der Waals surface area contributed by atoms with Crippen LogP contribution >= 0.6 is 0 Å². The molecule has 0 aliphatic carbocycles. The molecule has 0 aromatic carbocycles. The molecule has 0 saturated heterocycles. The summed E-state index contributed by atoms with van der Waals surface area (Å²) >= 11 is 0. The van der Waals surface area contributed by atoms with Crippen molar-refractivity contribution in [2.75, 3.05) is 26.2 Å². The lowest BCUT2D eigenvalue weighted by Crippen LogP contribution is -2.47. The van der Waals surface area contributed by atoms with Crippen LogP contribution in [0.25, 0.3) is 0 Å². The molecule has 1 aliphatic rings. The maximum absolute atomic E-state index is 12.4. The summed E-state index contributed by atoms with van der Waals surface area (Å²) < 4.78 is 37.3. The topological polar surface area (TPSA) is 60.9 Å². The van der Waals surface area contributed by atoms with Crippen LogP contribution < -0.4 is 0 Å². The maximum atomic E-state index is 12.4. The number of halogens is 3. The first-order valence-corrected chi connectivity index (χ1v) is 5.71. The molecular formula is C12H13F3N2O3. The minimum absolute atomic E-state index is 0.120. The van der Waals surface area contributed by atoms with E-state index >= 15 is 0 Å². The zero-order valence-corrected chi connectivity index (χ0v) is 10.5. The van der Waals surface area contributed by atoms with Crippen LogP contribution in [0.15, 0.2) is 11.6 Å². The van der Waals surface area contributed by atoms with Crippen molar-refractivity contribution in [3.63, 3.8) is 0 Å². The first kappa shape index (κ1) is 15.9. The predicted molar refractivity (Wildman–Crippen MR) is 63.8 cm³/mol. The highest BCUT2D eigenvalue weighted by Gasteiger charge is 2.36. The van der Waals surface area contributed by atoms with Gasteiger partial charge in [0.15, 0.2) is 0 Å². The van der Waals surface area contributed by atoms with Crippen LogP contribution in [0.3, 0.4) is 0 Å². The molecule has 20 heavy (non-hydrogen) atoms. The van der Waals surface area contributed by atoms with Crippen LogP contribution in [0.1, 0.15) is 6.42 Å². The minimum atomic E-state index is -4.39. The van der Waals surface area contributed by atoms with Gasteiger partial charge in [0.25, 0.3) is 0 Å². The van der Waals surface area contributed by atoms with E-state index in [1.54, 1.807) is 0 Å². The number of amides is 2. The number of aliphatic carboxylic acids is 1. The Bertz CT molecular complexity index is 466. The number of hydrogen-bond donors (Lipinski definition) is 1. The Morgan fingerprint density at radius 1 is 1.50 bits per heavy atom. The molecule has 0 saturated carbocycles. The highest BCUT2D eigenvalue weighted by atomic mass is 19.4. The number of alkyl halides is 3. The molecule has 0 spiro atoms. The fraction of sp³-hybridized carbons (Fsp3) is 0.500. The normalized spacial score (nSPS) is 15.3. The summed E-state index contributed by atoms with van der Waals surface area (Å²) in [5, 5.41) is 8.66. The molecule has 0 aromatic heterocycles. The van der Waals surface area contributed by atoms with Crippen molar-refractivity contribution < 1.29 is 27.9 Å². The van der Waals surface area contributed by atoms with Crippen LogP contribution in [0, 0.1) is 12.3 Å². The monoisotopic (exact) mass is 290 g/mol. The first-order valence-electron chi connectivity index (χ1n) is 5.71. The summed E-state index contributed by atoms with van der Waals surface area (Å²) in [6.07, 6.45) is 1.25. The van der Waals surface area contributed by atoms with E-state index in [0.29, 0.717) is 0 Å². The molecule has 1 N–H and O–H groups in total. The lowest BCUT2D eigenvalue weighted by Gasteiger charge is -2.31. The Morgan fingerprint density at radius 2 is 2.15 bits per heavy atom. The molecule has 0 radical (unpaired) electrons. The number of rotatable bonds is 3. The van der Waals surface area contributed by atoms with Gasteiger partial charge in [0.1, 0.15) is 6.54 Å². The van der Waals surface area contributed by atoms with Gasteiger partial charge in [-0.1, -0.05) is 12.0 Å². The highest BCUT2D eigenvalue weighted by Crippen LogP contribution is 2.30. The van der Waals surface area contributed by atoms with Crippen molar-refractivity contribution >= 4 is 12.0 Å². The number of carboxylic acid groups (broad SMARTS) is 1. The average molecular weight is 290 g/mol. The van der Waals surface area contributed by atoms with Gasteiger partial charge in [-0.15, -0.1) is 6.42 Å². The van der Waals surface area contributed by atoms with Gasteiger partial charge in [0.05, 0.1) is 6.54 Å². The van der Waals surface area contributed by atoms with Crippen molar-refractivity contribution in [1.29, 1.82) is 0 Å². The van der Waals surface area contributed by atoms with E-state index in [2.05, 4.69) is 5.92 Å². The molecule has 110 valence electrons. The van der Waals surface area contributed by atoms with Crippen LogP contribution in [-0.2, 0) is 4.79 Å². The summed E-state index contributed by atoms with van der Waals surface area (Å²) in [4.78, 5) is 24.6.